The zero-order valence-electron chi connectivity index (χ0n) is 10.5. The van der Waals surface area contributed by atoms with Crippen molar-refractivity contribution in [2.75, 3.05) is 0 Å². The fourth-order valence-corrected chi connectivity index (χ4v) is 1.90. The first-order chi connectivity index (χ1) is 8.18. The van der Waals surface area contributed by atoms with Gasteiger partial charge < -0.3 is 5.32 Å². The summed E-state index contributed by atoms with van der Waals surface area (Å²) in [6.45, 7) is 7.21. The van der Waals surface area contributed by atoms with E-state index in [0.717, 1.165) is 12.4 Å². The molecule has 1 aromatic carbocycles. The molecule has 0 amide bonds. The molecule has 0 bridgehead atoms. The standard InChI is InChI=1S/C13H18N4/c1-9-5-4-6-10(2)12(9)7-14-11(3)13-15-8-16-17-13/h4-6,8,11,14H,7H2,1-3H3,(H,15,16,17). The molecular formula is C13H18N4. The van der Waals surface area contributed by atoms with Crippen molar-refractivity contribution in [3.8, 4) is 0 Å². The third kappa shape index (κ3) is 2.71. The van der Waals surface area contributed by atoms with E-state index in [9.17, 15) is 0 Å². The number of aromatic nitrogens is 3. The summed E-state index contributed by atoms with van der Waals surface area (Å²) in [7, 11) is 0. The number of hydrogen-bond acceptors (Lipinski definition) is 3. The van der Waals surface area contributed by atoms with Crippen molar-refractivity contribution in [1.29, 1.82) is 0 Å². The first-order valence-electron chi connectivity index (χ1n) is 5.82. The van der Waals surface area contributed by atoms with Crippen molar-refractivity contribution >= 4 is 0 Å². The van der Waals surface area contributed by atoms with Gasteiger partial charge in [0.1, 0.15) is 12.2 Å². The fraction of sp³-hybridized carbons (Fsp3) is 0.385. The van der Waals surface area contributed by atoms with Gasteiger partial charge in [-0.05, 0) is 37.5 Å². The van der Waals surface area contributed by atoms with Crippen molar-refractivity contribution in [3.63, 3.8) is 0 Å². The van der Waals surface area contributed by atoms with Crippen LogP contribution in [0.4, 0.5) is 0 Å². The molecule has 0 aliphatic heterocycles. The van der Waals surface area contributed by atoms with Gasteiger partial charge in [0.2, 0.25) is 0 Å². The predicted octanol–water partition coefficient (Wildman–Crippen LogP) is 2.27. The second-order valence-corrected chi connectivity index (χ2v) is 4.34. The van der Waals surface area contributed by atoms with Gasteiger partial charge in [-0.15, -0.1) is 0 Å². The molecule has 2 N–H and O–H groups in total. The zero-order valence-corrected chi connectivity index (χ0v) is 10.5. The molecular weight excluding hydrogens is 212 g/mol. The third-order valence-corrected chi connectivity index (χ3v) is 3.07. The third-order valence-electron chi connectivity index (χ3n) is 3.07. The minimum absolute atomic E-state index is 0.177. The topological polar surface area (TPSA) is 53.6 Å². The van der Waals surface area contributed by atoms with Gasteiger partial charge in [0.25, 0.3) is 0 Å². The van der Waals surface area contributed by atoms with Gasteiger partial charge in [-0.3, -0.25) is 5.10 Å². The minimum Gasteiger partial charge on any atom is -0.303 e. The maximum Gasteiger partial charge on any atom is 0.141 e. The van der Waals surface area contributed by atoms with Crippen LogP contribution in [0.25, 0.3) is 0 Å². The van der Waals surface area contributed by atoms with Crippen LogP contribution in [0, 0.1) is 13.8 Å². The SMILES string of the molecule is Cc1cccc(C)c1CNC(C)c1ncn[nH]1. The lowest BCUT2D eigenvalue weighted by Crippen LogP contribution is -2.20. The Kier molecular flexibility index (Phi) is 3.54. The number of nitrogens with zero attached hydrogens (tertiary/aromatic N) is 2. The Morgan fingerprint density at radius 1 is 1.29 bits per heavy atom. The van der Waals surface area contributed by atoms with Gasteiger partial charge in [-0.2, -0.15) is 5.10 Å². The molecule has 4 heteroatoms. The maximum absolute atomic E-state index is 4.14. The normalized spacial score (nSPS) is 12.6. The molecule has 0 fully saturated rings. The van der Waals surface area contributed by atoms with E-state index in [4.69, 9.17) is 0 Å². The molecule has 0 aliphatic rings. The number of benzene rings is 1. The van der Waals surface area contributed by atoms with Crippen molar-refractivity contribution in [3.05, 3.63) is 47.0 Å². The van der Waals surface area contributed by atoms with Gasteiger partial charge in [-0.25, -0.2) is 4.98 Å². The Labute approximate surface area is 101 Å². The van der Waals surface area contributed by atoms with Gasteiger partial charge in [-0.1, -0.05) is 18.2 Å². The average Bonchev–Trinajstić information content (AvgIpc) is 2.81. The Bertz CT molecular complexity index is 456. The summed E-state index contributed by atoms with van der Waals surface area (Å²) in [5.41, 5.74) is 4.00. The highest BCUT2D eigenvalue weighted by molar-refractivity contribution is 5.33. The van der Waals surface area contributed by atoms with E-state index in [-0.39, 0.29) is 6.04 Å². The zero-order chi connectivity index (χ0) is 12.3. The first-order valence-corrected chi connectivity index (χ1v) is 5.82. The summed E-state index contributed by atoms with van der Waals surface area (Å²) in [6.07, 6.45) is 1.53. The number of nitrogens with one attached hydrogen (secondary N) is 2. The van der Waals surface area contributed by atoms with Crippen LogP contribution in [0.15, 0.2) is 24.5 Å². The lowest BCUT2D eigenvalue weighted by molar-refractivity contribution is 0.546. The lowest BCUT2D eigenvalue weighted by Gasteiger charge is -2.14. The predicted molar refractivity (Wildman–Crippen MR) is 67.6 cm³/mol. The number of H-pyrrole nitrogens is 1. The smallest absolute Gasteiger partial charge is 0.141 e. The van der Waals surface area contributed by atoms with Gasteiger partial charge in [0, 0.05) is 6.54 Å². The van der Waals surface area contributed by atoms with Crippen LogP contribution in [0.2, 0.25) is 0 Å². The molecule has 0 saturated heterocycles. The molecule has 4 nitrogen and oxygen atoms in total. The summed E-state index contributed by atoms with van der Waals surface area (Å²) in [4.78, 5) is 4.14. The van der Waals surface area contributed by atoms with Gasteiger partial charge in [0.15, 0.2) is 0 Å². The van der Waals surface area contributed by atoms with Crippen molar-refractivity contribution in [2.24, 2.45) is 0 Å². The van der Waals surface area contributed by atoms with Crippen LogP contribution in [0.5, 0.6) is 0 Å². The molecule has 0 radical (unpaired) electrons. The van der Waals surface area contributed by atoms with Crippen LogP contribution in [0.3, 0.4) is 0 Å². The molecule has 0 spiro atoms. The fourth-order valence-electron chi connectivity index (χ4n) is 1.90. The van der Waals surface area contributed by atoms with Crippen LogP contribution in [0.1, 0.15) is 35.5 Å². The van der Waals surface area contributed by atoms with E-state index in [1.54, 1.807) is 0 Å². The van der Waals surface area contributed by atoms with Crippen LogP contribution >= 0.6 is 0 Å². The molecule has 0 aliphatic carbocycles. The molecule has 1 heterocycles. The number of rotatable bonds is 4. The quantitative estimate of drug-likeness (QED) is 0.847. The first kappa shape index (κ1) is 11.8. The molecule has 1 atom stereocenters. The van der Waals surface area contributed by atoms with Crippen molar-refractivity contribution in [1.82, 2.24) is 20.5 Å². The summed E-state index contributed by atoms with van der Waals surface area (Å²) in [6, 6.07) is 6.55. The van der Waals surface area contributed by atoms with Crippen molar-refractivity contribution in [2.45, 2.75) is 33.4 Å². The van der Waals surface area contributed by atoms with Crippen LogP contribution in [-0.2, 0) is 6.54 Å². The molecule has 90 valence electrons. The Morgan fingerprint density at radius 3 is 2.59 bits per heavy atom. The number of aromatic amines is 1. The summed E-state index contributed by atoms with van der Waals surface area (Å²) in [5.74, 6) is 0.872. The lowest BCUT2D eigenvalue weighted by atomic mass is 10.0. The molecule has 0 saturated carbocycles. The Hall–Kier alpha value is -1.68. The molecule has 2 aromatic rings. The van der Waals surface area contributed by atoms with Crippen molar-refractivity contribution < 1.29 is 0 Å². The summed E-state index contributed by atoms with van der Waals surface area (Å²) in [5, 5.41) is 10.2. The van der Waals surface area contributed by atoms with Crippen LogP contribution < -0.4 is 5.32 Å². The largest absolute Gasteiger partial charge is 0.303 e. The maximum atomic E-state index is 4.14. The Morgan fingerprint density at radius 2 is 2.00 bits per heavy atom. The van der Waals surface area contributed by atoms with Gasteiger partial charge >= 0.3 is 0 Å². The van der Waals surface area contributed by atoms with Gasteiger partial charge in [0.05, 0.1) is 6.04 Å². The van der Waals surface area contributed by atoms with E-state index < -0.39 is 0 Å². The number of aryl methyl sites for hydroxylation is 2. The highest BCUT2D eigenvalue weighted by Gasteiger charge is 2.09. The average molecular weight is 230 g/mol. The minimum atomic E-state index is 0.177. The monoisotopic (exact) mass is 230 g/mol. The van der Waals surface area contributed by atoms with E-state index in [1.165, 1.54) is 23.0 Å². The van der Waals surface area contributed by atoms with E-state index in [2.05, 4.69) is 59.5 Å². The van der Waals surface area contributed by atoms with E-state index >= 15 is 0 Å². The van der Waals surface area contributed by atoms with E-state index in [1.807, 2.05) is 0 Å². The number of hydrogen-bond donors (Lipinski definition) is 2. The molecule has 17 heavy (non-hydrogen) atoms. The second-order valence-electron chi connectivity index (χ2n) is 4.34. The van der Waals surface area contributed by atoms with E-state index in [0.29, 0.717) is 0 Å². The van der Waals surface area contributed by atoms with Crippen LogP contribution in [-0.4, -0.2) is 15.2 Å². The second kappa shape index (κ2) is 5.10. The molecule has 1 unspecified atom stereocenters. The highest BCUT2D eigenvalue weighted by Crippen LogP contribution is 2.14. The summed E-state index contributed by atoms with van der Waals surface area (Å²) < 4.78 is 0. The molecule has 1 aromatic heterocycles. The summed E-state index contributed by atoms with van der Waals surface area (Å²) >= 11 is 0. The Balaban J connectivity index is 2.03. The molecule has 2 rings (SSSR count). The highest BCUT2D eigenvalue weighted by atomic mass is 15.2.